The monoisotopic (exact) mass is 495 g/mol. The Balaban J connectivity index is 1.45. The van der Waals surface area contributed by atoms with Gasteiger partial charge in [0.25, 0.3) is 0 Å². The predicted molar refractivity (Wildman–Crippen MR) is 142 cm³/mol. The van der Waals surface area contributed by atoms with Gasteiger partial charge < -0.3 is 20.1 Å². The smallest absolute Gasteiger partial charge is 0.412 e. The Morgan fingerprint density at radius 3 is 2.38 bits per heavy atom. The molecule has 0 unspecified atom stereocenters. The number of pyridine rings is 1. The van der Waals surface area contributed by atoms with Crippen molar-refractivity contribution in [1.82, 2.24) is 15.6 Å². The molecule has 188 valence electrons. The van der Waals surface area contributed by atoms with Crippen LogP contribution in [-0.4, -0.2) is 30.6 Å². The number of carbonyl (C=O) groups is 2. The van der Waals surface area contributed by atoms with E-state index in [1.54, 1.807) is 19.5 Å². The van der Waals surface area contributed by atoms with Gasteiger partial charge in [-0.1, -0.05) is 66.7 Å². The number of rotatable bonds is 10. The molecule has 4 rings (SSSR count). The highest BCUT2D eigenvalue weighted by molar-refractivity contribution is 5.80. The van der Waals surface area contributed by atoms with Crippen LogP contribution in [0.5, 0.6) is 11.5 Å². The second-order valence-corrected chi connectivity index (χ2v) is 8.39. The molecule has 0 radical (unpaired) electrons. The standard InChI is InChI=1S/C30H29N3O4/c1-36-26-14-12-22(13-15-26)19-28(34)33-21-25-10-5-11-27(24-8-3-2-4-9-24)29(25)37-30(35)32-18-16-23-7-6-17-31-20-23/h2-15,17,20H,16,18-19,21H2,1H3,(H,32,35)(H,33,34). The van der Waals surface area contributed by atoms with Crippen molar-refractivity contribution in [2.45, 2.75) is 19.4 Å². The zero-order valence-electron chi connectivity index (χ0n) is 20.6. The molecule has 2 amide bonds. The number of amides is 2. The third-order valence-corrected chi connectivity index (χ3v) is 5.78. The summed E-state index contributed by atoms with van der Waals surface area (Å²) >= 11 is 0. The van der Waals surface area contributed by atoms with Crippen LogP contribution in [0.2, 0.25) is 0 Å². The molecule has 1 heterocycles. The van der Waals surface area contributed by atoms with E-state index in [4.69, 9.17) is 9.47 Å². The van der Waals surface area contributed by atoms with Crippen molar-refractivity contribution in [3.05, 3.63) is 114 Å². The van der Waals surface area contributed by atoms with Crippen molar-refractivity contribution in [2.75, 3.05) is 13.7 Å². The molecule has 0 spiro atoms. The van der Waals surface area contributed by atoms with Crippen molar-refractivity contribution < 1.29 is 19.1 Å². The van der Waals surface area contributed by atoms with E-state index in [-0.39, 0.29) is 18.9 Å². The largest absolute Gasteiger partial charge is 0.497 e. The van der Waals surface area contributed by atoms with Crippen LogP contribution in [0.3, 0.4) is 0 Å². The van der Waals surface area contributed by atoms with E-state index in [1.807, 2.05) is 84.9 Å². The normalized spacial score (nSPS) is 10.4. The van der Waals surface area contributed by atoms with Crippen molar-refractivity contribution in [3.63, 3.8) is 0 Å². The predicted octanol–water partition coefficient (Wildman–Crippen LogP) is 4.95. The van der Waals surface area contributed by atoms with Crippen LogP contribution in [0.15, 0.2) is 97.3 Å². The van der Waals surface area contributed by atoms with Crippen molar-refractivity contribution in [2.24, 2.45) is 0 Å². The van der Waals surface area contributed by atoms with Crippen molar-refractivity contribution in [3.8, 4) is 22.6 Å². The number of nitrogens with zero attached hydrogens (tertiary/aromatic N) is 1. The lowest BCUT2D eigenvalue weighted by Gasteiger charge is -2.16. The summed E-state index contributed by atoms with van der Waals surface area (Å²) < 4.78 is 11.0. The molecule has 7 heteroatoms. The number of para-hydroxylation sites is 1. The fourth-order valence-electron chi connectivity index (χ4n) is 3.86. The van der Waals surface area contributed by atoms with E-state index in [1.165, 1.54) is 0 Å². The zero-order valence-corrected chi connectivity index (χ0v) is 20.6. The lowest BCUT2D eigenvalue weighted by molar-refractivity contribution is -0.120. The third-order valence-electron chi connectivity index (χ3n) is 5.78. The first-order valence-corrected chi connectivity index (χ1v) is 12.0. The van der Waals surface area contributed by atoms with Crippen LogP contribution >= 0.6 is 0 Å². The summed E-state index contributed by atoms with van der Waals surface area (Å²) in [5, 5.41) is 5.75. The van der Waals surface area contributed by atoms with Gasteiger partial charge in [-0.15, -0.1) is 0 Å². The number of carbonyl (C=O) groups excluding carboxylic acids is 2. The van der Waals surface area contributed by atoms with Crippen LogP contribution in [0.4, 0.5) is 4.79 Å². The van der Waals surface area contributed by atoms with Gasteiger partial charge in [0.15, 0.2) is 0 Å². The topological polar surface area (TPSA) is 89.5 Å². The fraction of sp³-hybridized carbons (Fsp3) is 0.167. The maximum atomic E-state index is 12.7. The Morgan fingerprint density at radius 2 is 1.65 bits per heavy atom. The van der Waals surface area contributed by atoms with Crippen LogP contribution in [0.25, 0.3) is 11.1 Å². The van der Waals surface area contributed by atoms with Crippen LogP contribution in [0.1, 0.15) is 16.7 Å². The highest BCUT2D eigenvalue weighted by atomic mass is 16.6. The quantitative estimate of drug-likeness (QED) is 0.325. The Morgan fingerprint density at radius 1 is 0.838 bits per heavy atom. The second kappa shape index (κ2) is 12.9. The number of hydrogen-bond donors (Lipinski definition) is 2. The molecule has 4 aromatic rings. The summed E-state index contributed by atoms with van der Waals surface area (Å²) in [5.41, 5.74) is 4.28. The number of methoxy groups -OCH3 is 1. The van der Waals surface area contributed by atoms with E-state index in [2.05, 4.69) is 15.6 Å². The van der Waals surface area contributed by atoms with Crippen molar-refractivity contribution >= 4 is 12.0 Å². The fourth-order valence-corrected chi connectivity index (χ4v) is 3.86. The molecule has 3 aromatic carbocycles. The number of ether oxygens (including phenoxy) is 2. The molecule has 2 N–H and O–H groups in total. The SMILES string of the molecule is COc1ccc(CC(=O)NCc2cccc(-c3ccccc3)c2OC(=O)NCCc2cccnc2)cc1. The van der Waals surface area contributed by atoms with Gasteiger partial charge in [-0.3, -0.25) is 9.78 Å². The Kier molecular flexibility index (Phi) is 8.86. The minimum Gasteiger partial charge on any atom is -0.497 e. The summed E-state index contributed by atoms with van der Waals surface area (Å²) in [5.74, 6) is 1.02. The molecule has 7 nitrogen and oxygen atoms in total. The molecule has 0 aliphatic rings. The van der Waals surface area contributed by atoms with E-state index in [9.17, 15) is 9.59 Å². The maximum Gasteiger partial charge on any atom is 0.412 e. The molecular formula is C30H29N3O4. The first-order valence-electron chi connectivity index (χ1n) is 12.0. The minimum atomic E-state index is -0.557. The zero-order chi connectivity index (χ0) is 25.9. The van der Waals surface area contributed by atoms with Crippen LogP contribution < -0.4 is 20.1 Å². The second-order valence-electron chi connectivity index (χ2n) is 8.39. The van der Waals surface area contributed by atoms with Crippen molar-refractivity contribution in [1.29, 1.82) is 0 Å². The number of aromatic nitrogens is 1. The summed E-state index contributed by atoms with van der Waals surface area (Å²) in [7, 11) is 1.60. The van der Waals surface area contributed by atoms with Gasteiger partial charge >= 0.3 is 6.09 Å². The van der Waals surface area contributed by atoms with Gasteiger partial charge in [-0.05, 0) is 41.3 Å². The molecule has 0 aliphatic heterocycles. The average Bonchev–Trinajstić information content (AvgIpc) is 2.94. The first kappa shape index (κ1) is 25.4. The molecule has 0 fully saturated rings. The van der Waals surface area contributed by atoms with E-state index in [0.717, 1.165) is 28.0 Å². The van der Waals surface area contributed by atoms with Gasteiger partial charge in [0.05, 0.1) is 13.5 Å². The molecule has 0 saturated heterocycles. The summed E-state index contributed by atoms with van der Waals surface area (Å²) in [4.78, 5) is 29.5. The maximum absolute atomic E-state index is 12.7. The molecule has 0 bridgehead atoms. The summed E-state index contributed by atoms with van der Waals surface area (Å²) in [6, 6.07) is 26.5. The van der Waals surface area contributed by atoms with Gasteiger partial charge in [0.2, 0.25) is 5.91 Å². The molecular weight excluding hydrogens is 466 g/mol. The third kappa shape index (κ3) is 7.41. The van der Waals surface area contributed by atoms with Crippen LogP contribution in [-0.2, 0) is 24.2 Å². The van der Waals surface area contributed by atoms with Gasteiger partial charge in [0, 0.05) is 36.6 Å². The highest BCUT2D eigenvalue weighted by Gasteiger charge is 2.16. The summed E-state index contributed by atoms with van der Waals surface area (Å²) in [6.45, 7) is 0.625. The van der Waals surface area contributed by atoms with Crippen LogP contribution in [0, 0.1) is 0 Å². The highest BCUT2D eigenvalue weighted by Crippen LogP contribution is 2.33. The van der Waals surface area contributed by atoms with Gasteiger partial charge in [-0.25, -0.2) is 4.79 Å². The lowest BCUT2D eigenvalue weighted by atomic mass is 10.0. The average molecular weight is 496 g/mol. The van der Waals surface area contributed by atoms with E-state index >= 15 is 0 Å². The Bertz CT molecular complexity index is 1310. The Labute approximate surface area is 216 Å². The molecule has 0 atom stereocenters. The van der Waals surface area contributed by atoms with E-state index < -0.39 is 6.09 Å². The number of nitrogens with one attached hydrogen (secondary N) is 2. The number of benzene rings is 3. The van der Waals surface area contributed by atoms with Gasteiger partial charge in [-0.2, -0.15) is 0 Å². The Hall–Kier alpha value is -4.65. The lowest BCUT2D eigenvalue weighted by Crippen LogP contribution is -2.30. The molecule has 37 heavy (non-hydrogen) atoms. The molecule has 0 aliphatic carbocycles. The first-order chi connectivity index (χ1) is 18.1. The summed E-state index contributed by atoms with van der Waals surface area (Å²) in [6.07, 6.45) is 3.79. The van der Waals surface area contributed by atoms with Gasteiger partial charge in [0.1, 0.15) is 11.5 Å². The molecule has 1 aromatic heterocycles. The van der Waals surface area contributed by atoms with E-state index in [0.29, 0.717) is 24.3 Å². The number of hydrogen-bond acceptors (Lipinski definition) is 5. The molecule has 0 saturated carbocycles. The minimum absolute atomic E-state index is 0.137.